The standard InChI is InChI=1S/C11H9F3O3/c1-6(10(16)17)9(15)7-3-2-4-8(5-7)11(12,13)14/h2-6H,1H3,(H,16,17). The maximum Gasteiger partial charge on any atom is 0.416 e. The average molecular weight is 246 g/mol. The van der Waals surface area contributed by atoms with Gasteiger partial charge in [-0.05, 0) is 19.1 Å². The number of carboxylic acid groups (broad SMARTS) is 1. The molecule has 0 spiro atoms. The van der Waals surface area contributed by atoms with Gasteiger partial charge in [0.25, 0.3) is 0 Å². The monoisotopic (exact) mass is 246 g/mol. The lowest BCUT2D eigenvalue weighted by Gasteiger charge is -2.09. The molecule has 0 radical (unpaired) electrons. The molecule has 92 valence electrons. The molecule has 0 saturated heterocycles. The third-order valence-electron chi connectivity index (χ3n) is 2.24. The van der Waals surface area contributed by atoms with Crippen LogP contribution in [0.15, 0.2) is 24.3 Å². The first-order chi connectivity index (χ1) is 7.73. The van der Waals surface area contributed by atoms with E-state index in [1.54, 1.807) is 0 Å². The van der Waals surface area contributed by atoms with Gasteiger partial charge < -0.3 is 5.11 Å². The SMILES string of the molecule is CC(C(=O)O)C(=O)c1cccc(C(F)(F)F)c1. The van der Waals surface area contributed by atoms with Gasteiger partial charge in [0.2, 0.25) is 0 Å². The maximum absolute atomic E-state index is 12.4. The second-order valence-corrected chi connectivity index (χ2v) is 3.50. The van der Waals surface area contributed by atoms with Crippen molar-refractivity contribution >= 4 is 11.8 Å². The summed E-state index contributed by atoms with van der Waals surface area (Å²) in [5.74, 6) is -3.57. The van der Waals surface area contributed by atoms with Crippen LogP contribution in [0.1, 0.15) is 22.8 Å². The van der Waals surface area contributed by atoms with Crippen LogP contribution in [0.25, 0.3) is 0 Å². The van der Waals surface area contributed by atoms with Crippen molar-refractivity contribution in [3.05, 3.63) is 35.4 Å². The van der Waals surface area contributed by atoms with Crippen molar-refractivity contribution in [3.63, 3.8) is 0 Å². The van der Waals surface area contributed by atoms with Crippen LogP contribution in [0.2, 0.25) is 0 Å². The summed E-state index contributed by atoms with van der Waals surface area (Å²) < 4.78 is 37.1. The van der Waals surface area contributed by atoms with Crippen LogP contribution >= 0.6 is 0 Å². The molecule has 3 nitrogen and oxygen atoms in total. The van der Waals surface area contributed by atoms with E-state index in [0.29, 0.717) is 6.07 Å². The molecule has 0 bridgehead atoms. The highest BCUT2D eigenvalue weighted by atomic mass is 19.4. The highest BCUT2D eigenvalue weighted by Gasteiger charge is 2.31. The van der Waals surface area contributed by atoms with Gasteiger partial charge in [0.1, 0.15) is 5.92 Å². The Hall–Kier alpha value is -1.85. The Bertz CT molecular complexity index is 452. The maximum atomic E-state index is 12.4. The largest absolute Gasteiger partial charge is 0.481 e. The van der Waals surface area contributed by atoms with Crippen molar-refractivity contribution in [1.82, 2.24) is 0 Å². The minimum atomic E-state index is -4.55. The molecule has 1 aromatic rings. The summed E-state index contributed by atoms with van der Waals surface area (Å²) in [5, 5.41) is 8.60. The lowest BCUT2D eigenvalue weighted by Crippen LogP contribution is -2.21. The quantitative estimate of drug-likeness (QED) is 0.658. The van der Waals surface area contributed by atoms with Crippen molar-refractivity contribution in [2.45, 2.75) is 13.1 Å². The predicted molar refractivity (Wildman–Crippen MR) is 52.6 cm³/mol. The zero-order chi connectivity index (χ0) is 13.2. The number of halogens is 3. The third kappa shape index (κ3) is 3.05. The number of Topliss-reactive ketones (excluding diaryl/α,β-unsaturated/α-hetero) is 1. The lowest BCUT2D eigenvalue weighted by atomic mass is 9.98. The van der Waals surface area contributed by atoms with Crippen LogP contribution in [-0.2, 0) is 11.0 Å². The first kappa shape index (κ1) is 13.2. The molecule has 0 amide bonds. The number of aliphatic carboxylic acids is 1. The Labute approximate surface area is 94.9 Å². The van der Waals surface area contributed by atoms with Gasteiger partial charge in [-0.25, -0.2) is 0 Å². The van der Waals surface area contributed by atoms with Gasteiger partial charge in [-0.1, -0.05) is 12.1 Å². The Morgan fingerprint density at radius 1 is 1.29 bits per heavy atom. The molecule has 1 rings (SSSR count). The molecular formula is C11H9F3O3. The molecule has 0 aliphatic rings. The lowest BCUT2D eigenvalue weighted by molar-refractivity contribution is -0.139. The van der Waals surface area contributed by atoms with E-state index in [1.165, 1.54) is 0 Å². The van der Waals surface area contributed by atoms with Gasteiger partial charge in [-0.3, -0.25) is 9.59 Å². The first-order valence-electron chi connectivity index (χ1n) is 4.67. The van der Waals surface area contributed by atoms with Crippen molar-refractivity contribution in [1.29, 1.82) is 0 Å². The molecule has 0 fully saturated rings. The number of hydrogen-bond acceptors (Lipinski definition) is 2. The van der Waals surface area contributed by atoms with Crippen LogP contribution in [0.4, 0.5) is 13.2 Å². The summed E-state index contributed by atoms with van der Waals surface area (Å²) in [5.41, 5.74) is -1.23. The van der Waals surface area contributed by atoms with E-state index in [1.807, 2.05) is 0 Å². The van der Waals surface area contributed by atoms with Gasteiger partial charge in [-0.2, -0.15) is 13.2 Å². The van der Waals surface area contributed by atoms with Crippen LogP contribution < -0.4 is 0 Å². The number of carbonyl (C=O) groups is 2. The molecule has 0 aliphatic carbocycles. The summed E-state index contributed by atoms with van der Waals surface area (Å²) in [7, 11) is 0. The van der Waals surface area contributed by atoms with Gasteiger partial charge in [0.15, 0.2) is 5.78 Å². The Balaban J connectivity index is 3.08. The summed E-state index contributed by atoms with van der Waals surface area (Å²) in [6, 6.07) is 3.71. The van der Waals surface area contributed by atoms with Crippen molar-refractivity contribution < 1.29 is 27.9 Å². The van der Waals surface area contributed by atoms with E-state index in [4.69, 9.17) is 5.11 Å². The normalized spacial score (nSPS) is 13.2. The van der Waals surface area contributed by atoms with Crippen LogP contribution in [0.3, 0.4) is 0 Å². The van der Waals surface area contributed by atoms with E-state index in [-0.39, 0.29) is 5.56 Å². The predicted octanol–water partition coefficient (Wildman–Crippen LogP) is 2.61. The van der Waals surface area contributed by atoms with E-state index in [9.17, 15) is 22.8 Å². The zero-order valence-electron chi connectivity index (χ0n) is 8.78. The minimum Gasteiger partial charge on any atom is -0.481 e. The molecule has 0 aromatic heterocycles. The molecule has 1 N–H and O–H groups in total. The average Bonchev–Trinajstić information content (AvgIpc) is 2.26. The first-order valence-corrected chi connectivity index (χ1v) is 4.67. The van der Waals surface area contributed by atoms with Crippen LogP contribution in [-0.4, -0.2) is 16.9 Å². The van der Waals surface area contributed by atoms with Crippen LogP contribution in [0, 0.1) is 5.92 Å². The molecule has 1 aromatic carbocycles. The second-order valence-electron chi connectivity index (χ2n) is 3.50. The molecule has 0 saturated carbocycles. The summed E-state index contributed by atoms with van der Waals surface area (Å²) in [6.45, 7) is 1.13. The Kier molecular flexibility index (Phi) is 3.55. The van der Waals surface area contributed by atoms with E-state index in [0.717, 1.165) is 25.1 Å². The Morgan fingerprint density at radius 2 is 1.88 bits per heavy atom. The van der Waals surface area contributed by atoms with Crippen molar-refractivity contribution in [2.24, 2.45) is 5.92 Å². The topological polar surface area (TPSA) is 54.4 Å². The number of alkyl halides is 3. The molecule has 6 heteroatoms. The number of hydrogen-bond donors (Lipinski definition) is 1. The number of ketones is 1. The van der Waals surface area contributed by atoms with Crippen molar-refractivity contribution in [3.8, 4) is 0 Å². The van der Waals surface area contributed by atoms with Gasteiger partial charge in [-0.15, -0.1) is 0 Å². The molecule has 0 aliphatic heterocycles. The van der Waals surface area contributed by atoms with Crippen molar-refractivity contribution in [2.75, 3.05) is 0 Å². The third-order valence-corrected chi connectivity index (χ3v) is 2.24. The summed E-state index contributed by atoms with van der Waals surface area (Å²) >= 11 is 0. The number of rotatable bonds is 3. The zero-order valence-corrected chi connectivity index (χ0v) is 8.78. The summed E-state index contributed by atoms with van der Waals surface area (Å²) in [6.07, 6.45) is -4.55. The number of carboxylic acids is 1. The number of carbonyl (C=O) groups excluding carboxylic acids is 1. The second kappa shape index (κ2) is 4.57. The molecule has 1 unspecified atom stereocenters. The summed E-state index contributed by atoms with van der Waals surface area (Å²) in [4.78, 5) is 22.1. The van der Waals surface area contributed by atoms with Gasteiger partial charge in [0.05, 0.1) is 5.56 Å². The number of benzene rings is 1. The van der Waals surface area contributed by atoms with E-state index >= 15 is 0 Å². The highest BCUT2D eigenvalue weighted by Crippen LogP contribution is 2.29. The van der Waals surface area contributed by atoms with Crippen LogP contribution in [0.5, 0.6) is 0 Å². The molecule has 0 heterocycles. The van der Waals surface area contributed by atoms with E-state index in [2.05, 4.69) is 0 Å². The van der Waals surface area contributed by atoms with Gasteiger partial charge in [0, 0.05) is 5.56 Å². The molecule has 1 atom stereocenters. The smallest absolute Gasteiger partial charge is 0.416 e. The fourth-order valence-corrected chi connectivity index (χ4v) is 1.21. The van der Waals surface area contributed by atoms with Gasteiger partial charge >= 0.3 is 12.1 Å². The highest BCUT2D eigenvalue weighted by molar-refractivity contribution is 6.07. The van der Waals surface area contributed by atoms with E-state index < -0.39 is 29.4 Å². The fraction of sp³-hybridized carbons (Fsp3) is 0.273. The fourth-order valence-electron chi connectivity index (χ4n) is 1.21. The Morgan fingerprint density at radius 3 is 2.35 bits per heavy atom. The molecular weight excluding hydrogens is 237 g/mol. The molecule has 17 heavy (non-hydrogen) atoms. The minimum absolute atomic E-state index is 0.255.